The normalized spacial score (nSPS) is 11.5. The van der Waals surface area contributed by atoms with Crippen molar-refractivity contribution in [1.29, 1.82) is 0 Å². The number of rotatable bonds is 4. The van der Waals surface area contributed by atoms with Crippen molar-refractivity contribution in [2.24, 2.45) is 0 Å². The van der Waals surface area contributed by atoms with E-state index >= 15 is 0 Å². The zero-order valence-electron chi connectivity index (χ0n) is 12.9. The number of nitrogens with zero attached hydrogens (tertiary/aromatic N) is 2. The number of hydrogen-bond acceptors (Lipinski definition) is 2. The van der Waals surface area contributed by atoms with Crippen molar-refractivity contribution in [2.45, 2.75) is 6.54 Å². The monoisotopic (exact) mass is 378 g/mol. The predicted molar refractivity (Wildman–Crippen MR) is 101 cm³/mol. The van der Waals surface area contributed by atoms with Crippen LogP contribution in [0, 0.1) is 0 Å². The first-order valence-electron chi connectivity index (χ1n) is 7.71. The molecule has 0 N–H and O–H groups in total. The maximum atomic E-state index is 5.37. The molecule has 0 bridgehead atoms. The lowest BCUT2D eigenvalue weighted by Crippen LogP contribution is -2.02. The average molecular weight is 379 g/mol. The van der Waals surface area contributed by atoms with Gasteiger partial charge in [0.2, 0.25) is 0 Å². The van der Waals surface area contributed by atoms with Gasteiger partial charge in [0.15, 0.2) is 0 Å². The summed E-state index contributed by atoms with van der Waals surface area (Å²) in [5, 5.41) is 0. The number of hydrogen-bond donors (Lipinski definition) is 0. The Balaban J connectivity index is 1.76. The van der Waals surface area contributed by atoms with Crippen molar-refractivity contribution in [3.63, 3.8) is 0 Å². The molecule has 4 rings (SSSR count). The standard InChI is InChI=1S/C20H15BrN2O/c21-16-9-7-15(8-10-16)14-23-19-6-2-1-5-18(19)22-20(23)12-11-17-4-3-13-24-17/h1-13H,14H2/b12-11+. The fourth-order valence-electron chi connectivity index (χ4n) is 2.70. The molecule has 0 saturated heterocycles. The van der Waals surface area contributed by atoms with Gasteiger partial charge in [0, 0.05) is 11.0 Å². The number of benzene rings is 2. The summed E-state index contributed by atoms with van der Waals surface area (Å²) in [6.07, 6.45) is 5.61. The highest BCUT2D eigenvalue weighted by molar-refractivity contribution is 9.10. The molecule has 0 spiro atoms. The minimum Gasteiger partial charge on any atom is -0.465 e. The quantitative estimate of drug-likeness (QED) is 0.461. The van der Waals surface area contributed by atoms with Gasteiger partial charge in [-0.2, -0.15) is 0 Å². The van der Waals surface area contributed by atoms with Crippen LogP contribution in [-0.4, -0.2) is 9.55 Å². The third-order valence-corrected chi connectivity index (χ3v) is 4.41. The highest BCUT2D eigenvalue weighted by Crippen LogP contribution is 2.20. The Kier molecular flexibility index (Phi) is 4.05. The number of para-hydroxylation sites is 2. The Labute approximate surface area is 148 Å². The van der Waals surface area contributed by atoms with Crippen LogP contribution < -0.4 is 0 Å². The summed E-state index contributed by atoms with van der Waals surface area (Å²) in [7, 11) is 0. The zero-order valence-corrected chi connectivity index (χ0v) is 14.5. The molecule has 2 aromatic carbocycles. The zero-order chi connectivity index (χ0) is 16.4. The molecule has 0 aliphatic carbocycles. The summed E-state index contributed by atoms with van der Waals surface area (Å²) in [5.74, 6) is 1.73. The third-order valence-electron chi connectivity index (χ3n) is 3.88. The van der Waals surface area contributed by atoms with E-state index in [0.717, 1.165) is 33.6 Å². The first-order chi connectivity index (χ1) is 11.8. The fraction of sp³-hybridized carbons (Fsp3) is 0.0500. The van der Waals surface area contributed by atoms with Crippen LogP contribution in [0.4, 0.5) is 0 Å². The Morgan fingerprint density at radius 1 is 0.958 bits per heavy atom. The van der Waals surface area contributed by atoms with Crippen LogP contribution >= 0.6 is 15.9 Å². The van der Waals surface area contributed by atoms with Gasteiger partial charge in [-0.1, -0.05) is 40.2 Å². The molecule has 0 saturated carbocycles. The predicted octanol–water partition coefficient (Wildman–Crippen LogP) is 5.61. The van der Waals surface area contributed by atoms with Gasteiger partial charge in [-0.15, -0.1) is 0 Å². The summed E-state index contributed by atoms with van der Waals surface area (Å²) < 4.78 is 8.67. The topological polar surface area (TPSA) is 31.0 Å². The van der Waals surface area contributed by atoms with Crippen LogP contribution in [-0.2, 0) is 6.54 Å². The molecule has 24 heavy (non-hydrogen) atoms. The molecule has 3 nitrogen and oxygen atoms in total. The molecule has 0 amide bonds. The van der Waals surface area contributed by atoms with Gasteiger partial charge in [-0.05, 0) is 54.1 Å². The van der Waals surface area contributed by atoms with Gasteiger partial charge in [0.25, 0.3) is 0 Å². The molecule has 0 aliphatic rings. The minimum absolute atomic E-state index is 0.769. The highest BCUT2D eigenvalue weighted by Gasteiger charge is 2.09. The molecule has 4 heteroatoms. The van der Waals surface area contributed by atoms with E-state index in [-0.39, 0.29) is 0 Å². The van der Waals surface area contributed by atoms with Crippen molar-refractivity contribution in [1.82, 2.24) is 9.55 Å². The van der Waals surface area contributed by atoms with Crippen LogP contribution in [0.15, 0.2) is 75.8 Å². The Morgan fingerprint density at radius 2 is 1.79 bits per heavy atom. The first-order valence-corrected chi connectivity index (χ1v) is 8.50. The van der Waals surface area contributed by atoms with Crippen molar-refractivity contribution in [3.8, 4) is 0 Å². The van der Waals surface area contributed by atoms with Gasteiger partial charge >= 0.3 is 0 Å². The Bertz CT molecular complexity index is 982. The lowest BCUT2D eigenvalue weighted by atomic mass is 10.2. The minimum atomic E-state index is 0.769. The van der Waals surface area contributed by atoms with Crippen molar-refractivity contribution >= 4 is 39.1 Å². The summed E-state index contributed by atoms with van der Waals surface area (Å²) in [6.45, 7) is 0.769. The molecule has 2 heterocycles. The van der Waals surface area contributed by atoms with E-state index < -0.39 is 0 Å². The second-order valence-corrected chi connectivity index (χ2v) is 6.44. The van der Waals surface area contributed by atoms with Gasteiger partial charge in [0.05, 0.1) is 17.3 Å². The second-order valence-electron chi connectivity index (χ2n) is 5.52. The van der Waals surface area contributed by atoms with Crippen molar-refractivity contribution in [2.75, 3.05) is 0 Å². The van der Waals surface area contributed by atoms with Crippen LogP contribution in [0.5, 0.6) is 0 Å². The molecule has 118 valence electrons. The second kappa shape index (κ2) is 6.49. The summed E-state index contributed by atoms with van der Waals surface area (Å²) in [6, 6.07) is 20.4. The number of furan rings is 1. The van der Waals surface area contributed by atoms with Gasteiger partial charge in [0.1, 0.15) is 11.6 Å². The van der Waals surface area contributed by atoms with Gasteiger partial charge < -0.3 is 8.98 Å². The van der Waals surface area contributed by atoms with E-state index in [4.69, 9.17) is 9.40 Å². The molecule has 2 aromatic heterocycles. The molecule has 0 radical (unpaired) electrons. The van der Waals surface area contributed by atoms with Gasteiger partial charge in [-0.3, -0.25) is 0 Å². The first kappa shape index (κ1) is 15.0. The van der Waals surface area contributed by atoms with Crippen molar-refractivity contribution < 1.29 is 4.42 Å². The Hall–Kier alpha value is -2.59. The smallest absolute Gasteiger partial charge is 0.134 e. The van der Waals surface area contributed by atoms with E-state index in [2.05, 4.69) is 50.8 Å². The maximum Gasteiger partial charge on any atom is 0.134 e. The van der Waals surface area contributed by atoms with Crippen LogP contribution in [0.3, 0.4) is 0 Å². The molecule has 0 atom stereocenters. The van der Waals surface area contributed by atoms with Crippen LogP contribution in [0.1, 0.15) is 17.1 Å². The van der Waals surface area contributed by atoms with E-state index in [1.165, 1.54) is 5.56 Å². The largest absolute Gasteiger partial charge is 0.465 e. The van der Waals surface area contributed by atoms with Crippen molar-refractivity contribution in [3.05, 3.63) is 88.5 Å². The number of halogens is 1. The number of aromatic nitrogens is 2. The molecular formula is C20H15BrN2O. The molecule has 0 aliphatic heterocycles. The fourth-order valence-corrected chi connectivity index (χ4v) is 2.97. The molecule has 4 aromatic rings. The van der Waals surface area contributed by atoms with Gasteiger partial charge in [-0.25, -0.2) is 4.98 Å². The average Bonchev–Trinajstić information content (AvgIpc) is 3.23. The molecule has 0 fully saturated rings. The van der Waals surface area contributed by atoms with E-state index in [0.29, 0.717) is 0 Å². The van der Waals surface area contributed by atoms with Crippen LogP contribution in [0.25, 0.3) is 23.2 Å². The lowest BCUT2D eigenvalue weighted by Gasteiger charge is -2.07. The third kappa shape index (κ3) is 3.05. The van der Waals surface area contributed by atoms with E-state index in [1.54, 1.807) is 6.26 Å². The molecular weight excluding hydrogens is 364 g/mol. The summed E-state index contributed by atoms with van der Waals surface area (Å²) >= 11 is 3.48. The van der Waals surface area contributed by atoms with E-state index in [9.17, 15) is 0 Å². The Morgan fingerprint density at radius 3 is 2.58 bits per heavy atom. The lowest BCUT2D eigenvalue weighted by molar-refractivity contribution is 0.557. The summed E-state index contributed by atoms with van der Waals surface area (Å²) in [4.78, 5) is 4.75. The number of imidazole rings is 1. The highest BCUT2D eigenvalue weighted by atomic mass is 79.9. The molecule has 0 unspecified atom stereocenters. The SMILES string of the molecule is Brc1ccc(Cn2c(/C=C/c3ccco3)nc3ccccc32)cc1. The maximum absolute atomic E-state index is 5.37. The summed E-state index contributed by atoms with van der Waals surface area (Å²) in [5.41, 5.74) is 3.35. The van der Waals surface area contributed by atoms with E-state index in [1.807, 2.05) is 42.5 Å². The van der Waals surface area contributed by atoms with Crippen LogP contribution in [0.2, 0.25) is 0 Å². The number of fused-ring (bicyclic) bond motifs is 1.